The molecule has 0 fully saturated rings. The molecule has 0 aliphatic heterocycles. The van der Waals surface area contributed by atoms with Gasteiger partial charge in [0.25, 0.3) is 0 Å². The zero-order valence-corrected chi connectivity index (χ0v) is 11.0. The molecule has 0 bridgehead atoms. The normalized spacial score (nSPS) is 19.3. The van der Waals surface area contributed by atoms with E-state index in [2.05, 4.69) is 16.7 Å². The second kappa shape index (κ2) is 6.42. The molecule has 0 radical (unpaired) electrons. The van der Waals surface area contributed by atoms with Gasteiger partial charge in [0.1, 0.15) is 5.54 Å². The van der Waals surface area contributed by atoms with E-state index in [1.165, 1.54) is 0 Å². The molecule has 5 heteroatoms. The van der Waals surface area contributed by atoms with Gasteiger partial charge < -0.3 is 15.7 Å². The Morgan fingerprint density at radius 1 is 1.33 bits per heavy atom. The highest BCUT2D eigenvalue weighted by atomic mass is 16.4. The summed E-state index contributed by atoms with van der Waals surface area (Å²) in [6.07, 6.45) is 7.55. The SMILES string of the molecule is CCC(CC)(NC(=O)NC1CC=CCC1)C(=O)O. The van der Waals surface area contributed by atoms with Crippen LogP contribution in [0.4, 0.5) is 4.79 Å². The van der Waals surface area contributed by atoms with Crippen LogP contribution in [-0.2, 0) is 4.79 Å². The Morgan fingerprint density at radius 3 is 2.44 bits per heavy atom. The Labute approximate surface area is 108 Å². The molecule has 2 amide bonds. The summed E-state index contributed by atoms with van der Waals surface area (Å²) in [6.45, 7) is 3.53. The minimum Gasteiger partial charge on any atom is -0.480 e. The fourth-order valence-corrected chi connectivity index (χ4v) is 2.15. The number of carbonyl (C=O) groups is 2. The molecule has 18 heavy (non-hydrogen) atoms. The third kappa shape index (κ3) is 3.48. The van der Waals surface area contributed by atoms with Crippen LogP contribution in [0.3, 0.4) is 0 Å². The maximum atomic E-state index is 11.8. The maximum Gasteiger partial charge on any atom is 0.329 e. The van der Waals surface area contributed by atoms with Gasteiger partial charge in [0.2, 0.25) is 0 Å². The molecule has 5 nitrogen and oxygen atoms in total. The van der Waals surface area contributed by atoms with Crippen molar-refractivity contribution in [3.63, 3.8) is 0 Å². The number of nitrogens with one attached hydrogen (secondary N) is 2. The summed E-state index contributed by atoms with van der Waals surface area (Å²) in [5.74, 6) is -0.980. The van der Waals surface area contributed by atoms with Crippen molar-refractivity contribution in [3.05, 3.63) is 12.2 Å². The Kier molecular flexibility index (Phi) is 5.19. The van der Waals surface area contributed by atoms with Crippen LogP contribution in [0.2, 0.25) is 0 Å². The number of rotatable bonds is 5. The van der Waals surface area contributed by atoms with Crippen molar-refractivity contribution in [1.82, 2.24) is 10.6 Å². The van der Waals surface area contributed by atoms with Crippen LogP contribution in [0.25, 0.3) is 0 Å². The molecule has 0 aromatic carbocycles. The zero-order chi connectivity index (χ0) is 13.6. The van der Waals surface area contributed by atoms with Gasteiger partial charge in [-0.25, -0.2) is 9.59 Å². The number of aliphatic carboxylic acids is 1. The lowest BCUT2D eigenvalue weighted by atomic mass is 9.93. The van der Waals surface area contributed by atoms with Gasteiger partial charge in [0, 0.05) is 6.04 Å². The van der Waals surface area contributed by atoms with Gasteiger partial charge in [-0.3, -0.25) is 0 Å². The summed E-state index contributed by atoms with van der Waals surface area (Å²) in [6, 6.07) is -0.281. The molecule has 0 spiro atoms. The number of carbonyl (C=O) groups excluding carboxylic acids is 1. The Morgan fingerprint density at radius 2 is 2.00 bits per heavy atom. The molecular formula is C13H22N2O3. The Balaban J connectivity index is 2.56. The van der Waals surface area contributed by atoms with Crippen molar-refractivity contribution < 1.29 is 14.7 Å². The number of urea groups is 1. The molecule has 3 N–H and O–H groups in total. The summed E-state index contributed by atoms with van der Waals surface area (Å²) in [4.78, 5) is 23.1. The van der Waals surface area contributed by atoms with Crippen LogP contribution < -0.4 is 10.6 Å². The second-order valence-electron chi connectivity index (χ2n) is 4.67. The average Bonchev–Trinajstić information content (AvgIpc) is 2.37. The smallest absolute Gasteiger partial charge is 0.329 e. The quantitative estimate of drug-likeness (QED) is 0.657. The number of amides is 2. The van der Waals surface area contributed by atoms with Gasteiger partial charge >= 0.3 is 12.0 Å². The van der Waals surface area contributed by atoms with Crippen molar-refractivity contribution in [1.29, 1.82) is 0 Å². The highest BCUT2D eigenvalue weighted by molar-refractivity contribution is 5.86. The predicted octanol–water partition coefficient (Wildman–Crippen LogP) is 2.04. The fourth-order valence-electron chi connectivity index (χ4n) is 2.15. The topological polar surface area (TPSA) is 78.4 Å². The average molecular weight is 254 g/mol. The van der Waals surface area contributed by atoms with E-state index < -0.39 is 11.5 Å². The lowest BCUT2D eigenvalue weighted by molar-refractivity contribution is -0.144. The lowest BCUT2D eigenvalue weighted by Gasteiger charge is -2.29. The van der Waals surface area contributed by atoms with Crippen LogP contribution in [-0.4, -0.2) is 28.7 Å². The number of carboxylic acid groups (broad SMARTS) is 1. The van der Waals surface area contributed by atoms with E-state index in [-0.39, 0.29) is 12.1 Å². The van der Waals surface area contributed by atoms with Crippen molar-refractivity contribution in [2.45, 2.75) is 57.5 Å². The first-order valence-corrected chi connectivity index (χ1v) is 6.51. The summed E-state index contributed by atoms with van der Waals surface area (Å²) < 4.78 is 0. The molecule has 1 atom stereocenters. The number of allylic oxidation sites excluding steroid dienone is 1. The molecular weight excluding hydrogens is 232 g/mol. The van der Waals surface area contributed by atoms with Gasteiger partial charge in [-0.15, -0.1) is 0 Å². The van der Waals surface area contributed by atoms with Crippen LogP contribution >= 0.6 is 0 Å². The van der Waals surface area contributed by atoms with Crippen molar-refractivity contribution in [2.24, 2.45) is 0 Å². The van der Waals surface area contributed by atoms with Crippen LogP contribution in [0.5, 0.6) is 0 Å². The summed E-state index contributed by atoms with van der Waals surface area (Å²) >= 11 is 0. The fraction of sp³-hybridized carbons (Fsp3) is 0.692. The minimum absolute atomic E-state index is 0.107. The Hall–Kier alpha value is -1.52. The van der Waals surface area contributed by atoms with Gasteiger partial charge in [0.05, 0.1) is 0 Å². The van der Waals surface area contributed by atoms with E-state index in [0.29, 0.717) is 12.8 Å². The molecule has 0 aromatic rings. The van der Waals surface area contributed by atoms with Crippen LogP contribution in [0, 0.1) is 0 Å². The van der Waals surface area contributed by atoms with E-state index in [1.54, 1.807) is 13.8 Å². The first-order valence-electron chi connectivity index (χ1n) is 6.51. The second-order valence-corrected chi connectivity index (χ2v) is 4.67. The number of hydrogen-bond acceptors (Lipinski definition) is 2. The lowest BCUT2D eigenvalue weighted by Crippen LogP contribution is -2.57. The molecule has 1 unspecified atom stereocenters. The van der Waals surface area contributed by atoms with Gasteiger partial charge in [-0.2, -0.15) is 0 Å². The largest absolute Gasteiger partial charge is 0.480 e. The molecule has 0 heterocycles. The van der Waals surface area contributed by atoms with E-state index in [4.69, 9.17) is 0 Å². The zero-order valence-electron chi connectivity index (χ0n) is 11.0. The summed E-state index contributed by atoms with van der Waals surface area (Å²) in [5.41, 5.74) is -1.16. The molecule has 1 rings (SSSR count). The summed E-state index contributed by atoms with van der Waals surface area (Å²) in [5, 5.41) is 14.7. The third-order valence-electron chi connectivity index (χ3n) is 3.57. The van der Waals surface area contributed by atoms with Crippen molar-refractivity contribution in [3.8, 4) is 0 Å². The summed E-state index contributed by atoms with van der Waals surface area (Å²) in [7, 11) is 0. The number of hydrogen-bond donors (Lipinski definition) is 3. The van der Waals surface area contributed by atoms with Crippen molar-refractivity contribution >= 4 is 12.0 Å². The molecule has 0 saturated carbocycles. The standard InChI is InChI=1S/C13H22N2O3/c1-3-13(4-2,11(16)17)15-12(18)14-10-8-6-5-7-9-10/h5-6,10H,3-4,7-9H2,1-2H3,(H,16,17)(H2,14,15,18). The minimum atomic E-state index is -1.16. The monoisotopic (exact) mass is 254 g/mol. The molecule has 102 valence electrons. The molecule has 1 aliphatic carbocycles. The highest BCUT2D eigenvalue weighted by Gasteiger charge is 2.36. The van der Waals surface area contributed by atoms with E-state index in [0.717, 1.165) is 19.3 Å². The Bertz CT molecular complexity index is 335. The molecule has 0 aromatic heterocycles. The van der Waals surface area contributed by atoms with E-state index in [9.17, 15) is 14.7 Å². The maximum absolute atomic E-state index is 11.8. The third-order valence-corrected chi connectivity index (χ3v) is 3.57. The van der Waals surface area contributed by atoms with E-state index in [1.807, 2.05) is 6.08 Å². The predicted molar refractivity (Wildman–Crippen MR) is 69.4 cm³/mol. The first kappa shape index (κ1) is 14.5. The highest BCUT2D eigenvalue weighted by Crippen LogP contribution is 2.16. The number of carboxylic acids is 1. The van der Waals surface area contributed by atoms with Crippen LogP contribution in [0.15, 0.2) is 12.2 Å². The van der Waals surface area contributed by atoms with Gasteiger partial charge in [-0.1, -0.05) is 26.0 Å². The van der Waals surface area contributed by atoms with E-state index >= 15 is 0 Å². The molecule has 1 aliphatic rings. The van der Waals surface area contributed by atoms with Gasteiger partial charge in [-0.05, 0) is 32.1 Å². The van der Waals surface area contributed by atoms with Crippen molar-refractivity contribution in [2.75, 3.05) is 0 Å². The van der Waals surface area contributed by atoms with Gasteiger partial charge in [0.15, 0.2) is 0 Å². The van der Waals surface area contributed by atoms with Crippen LogP contribution in [0.1, 0.15) is 46.0 Å². The first-order chi connectivity index (χ1) is 8.54. The molecule has 0 saturated heterocycles.